The molecule has 0 amide bonds. The summed E-state index contributed by atoms with van der Waals surface area (Å²) in [6.07, 6.45) is 1.07. The fourth-order valence-electron chi connectivity index (χ4n) is 2.59. The molecule has 19 heavy (non-hydrogen) atoms. The van der Waals surface area contributed by atoms with Gasteiger partial charge in [-0.05, 0) is 38.7 Å². The van der Waals surface area contributed by atoms with E-state index in [0.717, 1.165) is 12.1 Å². The van der Waals surface area contributed by atoms with Gasteiger partial charge in [-0.3, -0.25) is 4.68 Å². The van der Waals surface area contributed by atoms with Gasteiger partial charge in [-0.15, -0.1) is 0 Å². The molecular weight excluding hydrogens is 232 g/mol. The maximum Gasteiger partial charge on any atom is 0.0675 e. The second-order valence-electron chi connectivity index (χ2n) is 5.91. The van der Waals surface area contributed by atoms with Crippen LogP contribution >= 0.6 is 0 Å². The van der Waals surface area contributed by atoms with Crippen molar-refractivity contribution in [2.24, 2.45) is 5.92 Å². The van der Waals surface area contributed by atoms with Crippen LogP contribution in [0.3, 0.4) is 0 Å². The molecule has 102 valence electrons. The number of benzene rings is 1. The Labute approximate surface area is 116 Å². The van der Waals surface area contributed by atoms with Crippen LogP contribution in [0.1, 0.15) is 45.1 Å². The molecule has 1 aromatic heterocycles. The van der Waals surface area contributed by atoms with Gasteiger partial charge >= 0.3 is 0 Å². The first-order valence-electron chi connectivity index (χ1n) is 7.14. The molecule has 0 bridgehead atoms. The molecule has 0 aliphatic heterocycles. The van der Waals surface area contributed by atoms with Gasteiger partial charge in [0.05, 0.1) is 5.69 Å². The highest BCUT2D eigenvalue weighted by molar-refractivity contribution is 5.68. The van der Waals surface area contributed by atoms with Crippen LogP contribution in [-0.2, 0) is 6.42 Å². The molecule has 2 nitrogen and oxygen atoms in total. The number of aromatic nitrogens is 2. The molecule has 0 saturated heterocycles. The zero-order chi connectivity index (χ0) is 14.0. The predicted molar refractivity (Wildman–Crippen MR) is 81.3 cm³/mol. The first-order valence-corrected chi connectivity index (χ1v) is 7.14. The van der Waals surface area contributed by atoms with Gasteiger partial charge in [-0.25, -0.2) is 0 Å². The van der Waals surface area contributed by atoms with E-state index in [-0.39, 0.29) is 0 Å². The molecule has 0 aliphatic rings. The number of hydrogen-bond acceptors (Lipinski definition) is 1. The van der Waals surface area contributed by atoms with E-state index in [2.05, 4.69) is 69.6 Å². The minimum absolute atomic E-state index is 0.407. The van der Waals surface area contributed by atoms with Crippen LogP contribution in [0.2, 0.25) is 0 Å². The topological polar surface area (TPSA) is 17.8 Å². The Balaban J connectivity index is 2.59. The molecule has 0 unspecified atom stereocenters. The first-order chi connectivity index (χ1) is 9.00. The molecule has 1 aromatic carbocycles. The Morgan fingerprint density at radius 3 is 2.21 bits per heavy atom. The van der Waals surface area contributed by atoms with Gasteiger partial charge < -0.3 is 0 Å². The van der Waals surface area contributed by atoms with E-state index in [0.29, 0.717) is 12.0 Å². The van der Waals surface area contributed by atoms with Crippen molar-refractivity contribution in [1.82, 2.24) is 9.78 Å². The average Bonchev–Trinajstić information content (AvgIpc) is 2.66. The van der Waals surface area contributed by atoms with Gasteiger partial charge in [0, 0.05) is 17.3 Å². The van der Waals surface area contributed by atoms with Crippen molar-refractivity contribution in [3.8, 4) is 11.1 Å². The molecule has 2 rings (SSSR count). The van der Waals surface area contributed by atoms with E-state index < -0.39 is 0 Å². The van der Waals surface area contributed by atoms with E-state index in [1.807, 2.05) is 0 Å². The van der Waals surface area contributed by atoms with E-state index in [1.54, 1.807) is 0 Å². The number of aryl methyl sites for hydroxylation is 1. The summed E-state index contributed by atoms with van der Waals surface area (Å²) in [6, 6.07) is 11.0. The SMILES string of the molecule is Cc1nn(C(C)C)c(CC(C)C)c1-c1ccccc1. The molecule has 0 atom stereocenters. The van der Waals surface area contributed by atoms with Crippen molar-refractivity contribution < 1.29 is 0 Å². The Bertz CT molecular complexity index is 536. The van der Waals surface area contributed by atoms with E-state index in [4.69, 9.17) is 5.10 Å². The van der Waals surface area contributed by atoms with Crippen LogP contribution in [0, 0.1) is 12.8 Å². The molecule has 0 saturated carbocycles. The zero-order valence-corrected chi connectivity index (χ0v) is 12.6. The zero-order valence-electron chi connectivity index (χ0n) is 12.6. The van der Waals surface area contributed by atoms with Crippen molar-refractivity contribution in [1.29, 1.82) is 0 Å². The summed E-state index contributed by atoms with van der Waals surface area (Å²) in [5.74, 6) is 0.635. The van der Waals surface area contributed by atoms with E-state index in [1.165, 1.54) is 16.8 Å². The Kier molecular flexibility index (Phi) is 4.08. The average molecular weight is 256 g/mol. The fraction of sp³-hybridized carbons (Fsp3) is 0.471. The third-order valence-corrected chi connectivity index (χ3v) is 3.34. The molecule has 0 fully saturated rings. The van der Waals surface area contributed by atoms with Crippen LogP contribution in [0.5, 0.6) is 0 Å². The lowest BCUT2D eigenvalue weighted by Gasteiger charge is -2.14. The minimum atomic E-state index is 0.407. The highest BCUT2D eigenvalue weighted by atomic mass is 15.3. The number of hydrogen-bond donors (Lipinski definition) is 0. The highest BCUT2D eigenvalue weighted by Gasteiger charge is 2.18. The molecule has 2 aromatic rings. The minimum Gasteiger partial charge on any atom is -0.266 e. The fourth-order valence-corrected chi connectivity index (χ4v) is 2.59. The lowest BCUT2D eigenvalue weighted by Crippen LogP contribution is -2.10. The quantitative estimate of drug-likeness (QED) is 0.779. The van der Waals surface area contributed by atoms with Gasteiger partial charge in [-0.1, -0.05) is 44.2 Å². The van der Waals surface area contributed by atoms with E-state index in [9.17, 15) is 0 Å². The summed E-state index contributed by atoms with van der Waals surface area (Å²) >= 11 is 0. The highest BCUT2D eigenvalue weighted by Crippen LogP contribution is 2.30. The normalized spacial score (nSPS) is 11.5. The smallest absolute Gasteiger partial charge is 0.0675 e. The predicted octanol–water partition coefficient (Wildman–Crippen LogP) is 4.64. The van der Waals surface area contributed by atoms with Gasteiger partial charge in [0.2, 0.25) is 0 Å². The molecular formula is C17H24N2. The van der Waals surface area contributed by atoms with Crippen molar-refractivity contribution in [3.63, 3.8) is 0 Å². The Hall–Kier alpha value is -1.57. The Morgan fingerprint density at radius 2 is 1.68 bits per heavy atom. The Morgan fingerprint density at radius 1 is 1.05 bits per heavy atom. The summed E-state index contributed by atoms with van der Waals surface area (Å²) in [6.45, 7) is 11.0. The first kappa shape index (κ1) is 13.9. The summed E-state index contributed by atoms with van der Waals surface area (Å²) in [5.41, 5.74) is 5.11. The largest absolute Gasteiger partial charge is 0.266 e. The maximum absolute atomic E-state index is 4.76. The summed E-state index contributed by atoms with van der Waals surface area (Å²) < 4.78 is 2.19. The monoisotopic (exact) mass is 256 g/mol. The molecule has 0 N–H and O–H groups in total. The second-order valence-corrected chi connectivity index (χ2v) is 5.91. The molecule has 0 spiro atoms. The molecule has 0 aliphatic carbocycles. The van der Waals surface area contributed by atoms with Crippen LogP contribution in [-0.4, -0.2) is 9.78 Å². The van der Waals surface area contributed by atoms with Crippen molar-refractivity contribution >= 4 is 0 Å². The lowest BCUT2D eigenvalue weighted by atomic mass is 9.98. The summed E-state index contributed by atoms with van der Waals surface area (Å²) in [4.78, 5) is 0. The van der Waals surface area contributed by atoms with Crippen LogP contribution in [0.15, 0.2) is 30.3 Å². The van der Waals surface area contributed by atoms with Crippen LogP contribution in [0.4, 0.5) is 0 Å². The standard InChI is InChI=1S/C17H24N2/c1-12(2)11-16-17(15-9-7-6-8-10-15)14(5)18-19(16)13(3)4/h6-10,12-13H,11H2,1-5H3. The number of rotatable bonds is 4. The van der Waals surface area contributed by atoms with Gasteiger partial charge in [0.15, 0.2) is 0 Å². The van der Waals surface area contributed by atoms with Crippen molar-refractivity contribution in [2.75, 3.05) is 0 Å². The summed E-state index contributed by atoms with van der Waals surface area (Å²) in [7, 11) is 0. The van der Waals surface area contributed by atoms with Crippen LogP contribution in [0.25, 0.3) is 11.1 Å². The summed E-state index contributed by atoms with van der Waals surface area (Å²) in [5, 5.41) is 4.76. The third-order valence-electron chi connectivity index (χ3n) is 3.34. The van der Waals surface area contributed by atoms with Crippen molar-refractivity contribution in [3.05, 3.63) is 41.7 Å². The van der Waals surface area contributed by atoms with E-state index >= 15 is 0 Å². The molecule has 1 heterocycles. The van der Waals surface area contributed by atoms with Gasteiger partial charge in [0.1, 0.15) is 0 Å². The molecule has 2 heteroatoms. The van der Waals surface area contributed by atoms with Crippen molar-refractivity contribution in [2.45, 2.75) is 47.1 Å². The third kappa shape index (κ3) is 2.89. The van der Waals surface area contributed by atoms with Crippen LogP contribution < -0.4 is 0 Å². The molecule has 0 radical (unpaired) electrons. The van der Waals surface area contributed by atoms with Gasteiger partial charge in [0.25, 0.3) is 0 Å². The second kappa shape index (κ2) is 5.60. The van der Waals surface area contributed by atoms with Gasteiger partial charge in [-0.2, -0.15) is 5.10 Å². The lowest BCUT2D eigenvalue weighted by molar-refractivity contribution is 0.487. The maximum atomic E-state index is 4.76. The number of nitrogens with zero attached hydrogens (tertiary/aromatic N) is 2.